The molecule has 0 radical (unpaired) electrons. The van der Waals surface area contributed by atoms with Crippen LogP contribution in [0, 0.1) is 5.92 Å². The average Bonchev–Trinajstić information content (AvgIpc) is 2.43. The third kappa shape index (κ3) is 5.09. The number of hydrogen-bond acceptors (Lipinski definition) is 5. The van der Waals surface area contributed by atoms with E-state index in [0.717, 1.165) is 39.3 Å². The Bertz CT molecular complexity index is 276. The van der Waals surface area contributed by atoms with Gasteiger partial charge >= 0.3 is 5.97 Å². The molecule has 0 N–H and O–H groups in total. The minimum absolute atomic E-state index is 0.0571. The van der Waals surface area contributed by atoms with Crippen molar-refractivity contribution in [3.8, 4) is 0 Å². The number of likely N-dealkylation sites (N-methyl/N-ethyl adjacent to an activating group) is 1. The first kappa shape index (κ1) is 16.4. The van der Waals surface area contributed by atoms with Crippen LogP contribution in [0.15, 0.2) is 0 Å². The van der Waals surface area contributed by atoms with Crippen LogP contribution in [0.5, 0.6) is 0 Å². The lowest BCUT2D eigenvalue weighted by Crippen LogP contribution is -2.52. The van der Waals surface area contributed by atoms with E-state index in [0.29, 0.717) is 0 Å². The first-order valence-corrected chi connectivity index (χ1v) is 7.14. The molecule has 1 aliphatic rings. The Kier molecular flexibility index (Phi) is 6.75. The molecule has 1 fully saturated rings. The largest absolute Gasteiger partial charge is 0.469 e. The number of rotatable bonds is 6. The van der Waals surface area contributed by atoms with Gasteiger partial charge < -0.3 is 9.64 Å². The molecule has 0 aromatic carbocycles. The van der Waals surface area contributed by atoms with Gasteiger partial charge in [-0.1, -0.05) is 6.92 Å². The van der Waals surface area contributed by atoms with Gasteiger partial charge in [-0.25, -0.2) is 0 Å². The topological polar surface area (TPSA) is 36.0 Å². The quantitative estimate of drug-likeness (QED) is 0.652. The van der Waals surface area contributed by atoms with Crippen molar-refractivity contribution in [2.24, 2.45) is 5.92 Å². The van der Waals surface area contributed by atoms with Crippen LogP contribution in [-0.4, -0.2) is 87.2 Å². The van der Waals surface area contributed by atoms with Gasteiger partial charge in [0, 0.05) is 45.3 Å². The summed E-state index contributed by atoms with van der Waals surface area (Å²) in [6.07, 6.45) is 0. The summed E-state index contributed by atoms with van der Waals surface area (Å²) in [4.78, 5) is 18.7. The van der Waals surface area contributed by atoms with E-state index in [-0.39, 0.29) is 17.9 Å². The highest BCUT2D eigenvalue weighted by Gasteiger charge is 2.28. The molecule has 0 spiro atoms. The molecule has 1 rings (SSSR count). The molecule has 2 atom stereocenters. The van der Waals surface area contributed by atoms with E-state index >= 15 is 0 Å². The zero-order valence-electron chi connectivity index (χ0n) is 13.1. The van der Waals surface area contributed by atoms with Crippen LogP contribution in [0.4, 0.5) is 0 Å². The van der Waals surface area contributed by atoms with Gasteiger partial charge in [-0.3, -0.25) is 14.6 Å². The number of hydrogen-bond donors (Lipinski definition) is 0. The normalized spacial score (nSPS) is 21.4. The number of ether oxygens (including phenoxy) is 1. The summed E-state index contributed by atoms with van der Waals surface area (Å²) in [7, 11) is 5.68. The first-order chi connectivity index (χ1) is 8.95. The van der Waals surface area contributed by atoms with E-state index in [1.807, 2.05) is 6.92 Å². The van der Waals surface area contributed by atoms with Crippen molar-refractivity contribution in [1.82, 2.24) is 14.7 Å². The van der Waals surface area contributed by atoms with E-state index in [2.05, 4.69) is 35.7 Å². The highest BCUT2D eigenvalue weighted by atomic mass is 16.5. The highest BCUT2D eigenvalue weighted by Crippen LogP contribution is 2.14. The molecule has 2 unspecified atom stereocenters. The van der Waals surface area contributed by atoms with Gasteiger partial charge in [0.15, 0.2) is 0 Å². The van der Waals surface area contributed by atoms with E-state index in [1.54, 1.807) is 0 Å². The van der Waals surface area contributed by atoms with Crippen molar-refractivity contribution in [2.45, 2.75) is 19.9 Å². The van der Waals surface area contributed by atoms with Crippen molar-refractivity contribution in [3.05, 3.63) is 0 Å². The third-order valence-electron chi connectivity index (χ3n) is 4.14. The summed E-state index contributed by atoms with van der Waals surface area (Å²) < 4.78 is 4.83. The minimum atomic E-state index is -0.109. The second-order valence-electron chi connectivity index (χ2n) is 5.73. The summed E-state index contributed by atoms with van der Waals surface area (Å²) in [5.41, 5.74) is 0. The minimum Gasteiger partial charge on any atom is -0.469 e. The fraction of sp³-hybridized carbons (Fsp3) is 0.929. The molecule has 0 amide bonds. The standard InChI is InChI=1S/C14H29N3O2/c1-12(14(18)19-5)13(2)17-10-8-16(9-11-17)7-6-15(3)4/h12-13H,6-11H2,1-5H3. The smallest absolute Gasteiger partial charge is 0.309 e. The van der Waals surface area contributed by atoms with Crippen molar-refractivity contribution >= 4 is 5.97 Å². The predicted molar refractivity (Wildman–Crippen MR) is 77.2 cm³/mol. The van der Waals surface area contributed by atoms with Crippen molar-refractivity contribution in [2.75, 3.05) is 60.5 Å². The van der Waals surface area contributed by atoms with Crippen LogP contribution in [0.1, 0.15) is 13.8 Å². The fourth-order valence-electron chi connectivity index (χ4n) is 2.43. The van der Waals surface area contributed by atoms with E-state index < -0.39 is 0 Å². The van der Waals surface area contributed by atoms with Crippen molar-refractivity contribution in [3.63, 3.8) is 0 Å². The van der Waals surface area contributed by atoms with Gasteiger partial charge in [-0.15, -0.1) is 0 Å². The Morgan fingerprint density at radius 2 is 1.79 bits per heavy atom. The molecular weight excluding hydrogens is 242 g/mol. The molecule has 1 saturated heterocycles. The SMILES string of the molecule is COC(=O)C(C)C(C)N1CCN(CCN(C)C)CC1. The van der Waals surface area contributed by atoms with Gasteiger partial charge in [0.2, 0.25) is 0 Å². The number of methoxy groups -OCH3 is 1. The molecule has 0 aromatic rings. The zero-order valence-corrected chi connectivity index (χ0v) is 13.1. The Balaban J connectivity index is 2.34. The van der Waals surface area contributed by atoms with Crippen molar-refractivity contribution < 1.29 is 9.53 Å². The lowest BCUT2D eigenvalue weighted by atomic mass is 10.0. The predicted octanol–water partition coefficient (Wildman–Crippen LogP) is 0.363. The molecule has 0 aromatic heterocycles. The van der Waals surface area contributed by atoms with Gasteiger partial charge in [0.25, 0.3) is 0 Å². The number of nitrogens with zero attached hydrogens (tertiary/aromatic N) is 3. The van der Waals surface area contributed by atoms with Crippen LogP contribution < -0.4 is 0 Å². The van der Waals surface area contributed by atoms with Crippen LogP contribution in [0.25, 0.3) is 0 Å². The number of esters is 1. The number of piperazine rings is 1. The summed E-state index contributed by atoms with van der Waals surface area (Å²) >= 11 is 0. The first-order valence-electron chi connectivity index (χ1n) is 7.14. The Hall–Kier alpha value is -0.650. The molecule has 0 saturated carbocycles. The maximum Gasteiger partial charge on any atom is 0.309 e. The summed E-state index contributed by atoms with van der Waals surface area (Å²) in [6.45, 7) is 10.6. The maximum absolute atomic E-state index is 11.6. The Morgan fingerprint density at radius 3 is 2.26 bits per heavy atom. The van der Waals surface area contributed by atoms with Crippen molar-refractivity contribution in [1.29, 1.82) is 0 Å². The van der Waals surface area contributed by atoms with Crippen LogP contribution in [0.2, 0.25) is 0 Å². The fourth-order valence-corrected chi connectivity index (χ4v) is 2.43. The molecule has 5 nitrogen and oxygen atoms in total. The average molecular weight is 271 g/mol. The molecular formula is C14H29N3O2. The van der Waals surface area contributed by atoms with Gasteiger partial charge in [-0.2, -0.15) is 0 Å². The molecule has 1 heterocycles. The van der Waals surface area contributed by atoms with Crippen LogP contribution in [-0.2, 0) is 9.53 Å². The molecule has 0 bridgehead atoms. The Morgan fingerprint density at radius 1 is 1.21 bits per heavy atom. The monoisotopic (exact) mass is 271 g/mol. The van der Waals surface area contributed by atoms with E-state index in [9.17, 15) is 4.79 Å². The number of carbonyl (C=O) groups excluding carboxylic acids is 1. The Labute approximate surface area is 117 Å². The van der Waals surface area contributed by atoms with Crippen LogP contribution >= 0.6 is 0 Å². The zero-order chi connectivity index (χ0) is 14.4. The van der Waals surface area contributed by atoms with Gasteiger partial charge in [0.05, 0.1) is 13.0 Å². The molecule has 19 heavy (non-hydrogen) atoms. The van der Waals surface area contributed by atoms with Gasteiger partial charge in [-0.05, 0) is 21.0 Å². The molecule has 1 aliphatic heterocycles. The third-order valence-corrected chi connectivity index (χ3v) is 4.14. The summed E-state index contributed by atoms with van der Waals surface area (Å²) in [6, 6.07) is 0.253. The number of carbonyl (C=O) groups is 1. The summed E-state index contributed by atoms with van der Waals surface area (Å²) in [5.74, 6) is -0.166. The molecule has 112 valence electrons. The van der Waals surface area contributed by atoms with E-state index in [1.165, 1.54) is 7.11 Å². The maximum atomic E-state index is 11.6. The van der Waals surface area contributed by atoms with Gasteiger partial charge in [0.1, 0.15) is 0 Å². The summed E-state index contributed by atoms with van der Waals surface area (Å²) in [5, 5.41) is 0. The lowest BCUT2D eigenvalue weighted by molar-refractivity contribution is -0.147. The second kappa shape index (κ2) is 7.82. The molecule has 0 aliphatic carbocycles. The lowest BCUT2D eigenvalue weighted by Gasteiger charge is -2.39. The second-order valence-corrected chi connectivity index (χ2v) is 5.73. The van der Waals surface area contributed by atoms with E-state index in [4.69, 9.17) is 4.74 Å². The molecule has 5 heteroatoms. The van der Waals surface area contributed by atoms with Crippen LogP contribution in [0.3, 0.4) is 0 Å². The highest BCUT2D eigenvalue weighted by molar-refractivity contribution is 5.72.